The van der Waals surface area contributed by atoms with Gasteiger partial charge in [0.1, 0.15) is 11.4 Å². The summed E-state index contributed by atoms with van der Waals surface area (Å²) in [5.41, 5.74) is 2.90. The van der Waals surface area contributed by atoms with Crippen molar-refractivity contribution in [2.24, 2.45) is 0 Å². The normalized spacial score (nSPS) is 11.1. The highest BCUT2D eigenvalue weighted by molar-refractivity contribution is 7.98. The van der Waals surface area contributed by atoms with E-state index in [4.69, 9.17) is 16.3 Å². The fourth-order valence-corrected chi connectivity index (χ4v) is 4.62. The van der Waals surface area contributed by atoms with Gasteiger partial charge in [0, 0.05) is 34.3 Å². The molecule has 0 saturated heterocycles. The number of thioether (sulfide) groups is 1. The van der Waals surface area contributed by atoms with E-state index in [9.17, 15) is 4.79 Å². The smallest absolute Gasteiger partial charge is 0.258 e. The number of ether oxygens (including phenoxy) is 1. The fourth-order valence-electron chi connectivity index (χ4n) is 3.58. The molecule has 2 aromatic carbocycles. The molecular weight excluding hydrogens is 470 g/mol. The standard InChI is InChI=1S/C25H20ClN5O2S/c1-2-33-21-11-9-20(10-12-21)31-24(17-6-5-7-18(26)14-17)28-29-25(31)34-16-19-15-23(32)30-13-4-3-8-22(30)27-19/h3-15H,2,16H2,1H3. The van der Waals surface area contributed by atoms with Gasteiger partial charge in [-0.3, -0.25) is 13.8 Å². The average Bonchev–Trinajstić information content (AvgIpc) is 3.27. The van der Waals surface area contributed by atoms with E-state index in [0.717, 1.165) is 17.0 Å². The molecule has 34 heavy (non-hydrogen) atoms. The highest BCUT2D eigenvalue weighted by atomic mass is 35.5. The first kappa shape index (κ1) is 22.2. The highest BCUT2D eigenvalue weighted by Crippen LogP contribution is 2.31. The number of rotatable bonds is 7. The van der Waals surface area contributed by atoms with Crippen LogP contribution in [0.4, 0.5) is 0 Å². The van der Waals surface area contributed by atoms with Gasteiger partial charge in [0.2, 0.25) is 0 Å². The zero-order valence-electron chi connectivity index (χ0n) is 18.3. The van der Waals surface area contributed by atoms with Crippen molar-refractivity contribution < 1.29 is 4.74 Å². The lowest BCUT2D eigenvalue weighted by Gasteiger charge is -2.12. The second-order valence-corrected chi connectivity index (χ2v) is 8.76. The summed E-state index contributed by atoms with van der Waals surface area (Å²) in [7, 11) is 0. The number of fused-ring (bicyclic) bond motifs is 1. The fraction of sp³-hybridized carbons (Fsp3) is 0.120. The van der Waals surface area contributed by atoms with Crippen LogP contribution in [-0.2, 0) is 5.75 Å². The number of halogens is 1. The summed E-state index contributed by atoms with van der Waals surface area (Å²) < 4.78 is 9.08. The highest BCUT2D eigenvalue weighted by Gasteiger charge is 2.17. The second-order valence-electron chi connectivity index (χ2n) is 7.38. The molecule has 0 N–H and O–H groups in total. The Labute approximate surface area is 205 Å². The summed E-state index contributed by atoms with van der Waals surface area (Å²) in [6.07, 6.45) is 1.71. The van der Waals surface area contributed by atoms with E-state index < -0.39 is 0 Å². The van der Waals surface area contributed by atoms with E-state index in [2.05, 4.69) is 15.2 Å². The molecule has 5 rings (SSSR count). The molecule has 3 aromatic heterocycles. The number of pyridine rings is 1. The van der Waals surface area contributed by atoms with Crippen LogP contribution in [0, 0.1) is 0 Å². The Bertz CT molecular complexity index is 1510. The van der Waals surface area contributed by atoms with Crippen molar-refractivity contribution in [3.8, 4) is 22.8 Å². The third kappa shape index (κ3) is 4.55. The van der Waals surface area contributed by atoms with Crippen LogP contribution in [0.2, 0.25) is 5.02 Å². The Hall–Kier alpha value is -3.62. The Morgan fingerprint density at radius 3 is 2.65 bits per heavy atom. The van der Waals surface area contributed by atoms with Crippen molar-refractivity contribution in [3.05, 3.63) is 100 Å². The molecule has 0 aliphatic carbocycles. The molecule has 0 bridgehead atoms. The van der Waals surface area contributed by atoms with E-state index >= 15 is 0 Å². The van der Waals surface area contributed by atoms with Crippen LogP contribution < -0.4 is 10.3 Å². The molecule has 0 spiro atoms. The molecule has 3 heterocycles. The lowest BCUT2D eigenvalue weighted by Crippen LogP contribution is -2.14. The summed E-state index contributed by atoms with van der Waals surface area (Å²) in [4.78, 5) is 17.1. The molecule has 170 valence electrons. The molecule has 0 aliphatic rings. The number of hydrogen-bond donors (Lipinski definition) is 0. The van der Waals surface area contributed by atoms with E-state index in [1.54, 1.807) is 18.3 Å². The summed E-state index contributed by atoms with van der Waals surface area (Å²) in [6.45, 7) is 2.55. The largest absolute Gasteiger partial charge is 0.494 e. The summed E-state index contributed by atoms with van der Waals surface area (Å²) in [5, 5.41) is 10.2. The number of nitrogens with zero attached hydrogens (tertiary/aromatic N) is 5. The number of aromatic nitrogens is 5. The first-order valence-electron chi connectivity index (χ1n) is 10.7. The predicted octanol–water partition coefficient (Wildman–Crippen LogP) is 5.29. The van der Waals surface area contributed by atoms with Crippen molar-refractivity contribution in [2.45, 2.75) is 17.8 Å². The molecule has 5 aromatic rings. The molecule has 0 amide bonds. The predicted molar refractivity (Wildman–Crippen MR) is 134 cm³/mol. The monoisotopic (exact) mass is 489 g/mol. The Kier molecular flexibility index (Phi) is 6.33. The first-order chi connectivity index (χ1) is 16.6. The minimum Gasteiger partial charge on any atom is -0.494 e. The quantitative estimate of drug-likeness (QED) is 0.289. The molecule has 0 unspecified atom stereocenters. The Morgan fingerprint density at radius 1 is 1.00 bits per heavy atom. The Morgan fingerprint density at radius 2 is 1.85 bits per heavy atom. The molecule has 0 fully saturated rings. The van der Waals surface area contributed by atoms with Crippen molar-refractivity contribution in [2.75, 3.05) is 6.61 Å². The van der Waals surface area contributed by atoms with Crippen molar-refractivity contribution in [1.29, 1.82) is 0 Å². The third-order valence-electron chi connectivity index (χ3n) is 5.10. The van der Waals surface area contributed by atoms with E-state index in [1.165, 1.54) is 16.2 Å². The summed E-state index contributed by atoms with van der Waals surface area (Å²) >= 11 is 7.70. The van der Waals surface area contributed by atoms with E-state index in [-0.39, 0.29) is 5.56 Å². The molecular formula is C25H20ClN5O2S. The van der Waals surface area contributed by atoms with Crippen LogP contribution in [0.3, 0.4) is 0 Å². The van der Waals surface area contributed by atoms with Crippen LogP contribution in [0.5, 0.6) is 5.75 Å². The van der Waals surface area contributed by atoms with E-state index in [0.29, 0.717) is 39.7 Å². The van der Waals surface area contributed by atoms with Gasteiger partial charge in [-0.2, -0.15) is 0 Å². The summed E-state index contributed by atoms with van der Waals surface area (Å²) in [6, 6.07) is 22.3. The van der Waals surface area contributed by atoms with Crippen LogP contribution in [-0.4, -0.2) is 30.8 Å². The maximum absolute atomic E-state index is 12.5. The van der Waals surface area contributed by atoms with Gasteiger partial charge < -0.3 is 4.74 Å². The van der Waals surface area contributed by atoms with Crippen molar-refractivity contribution in [3.63, 3.8) is 0 Å². The SMILES string of the molecule is CCOc1ccc(-n2c(SCc3cc(=O)n4ccccc4n3)nnc2-c2cccc(Cl)c2)cc1. The second kappa shape index (κ2) is 9.70. The molecule has 0 atom stereocenters. The zero-order valence-corrected chi connectivity index (χ0v) is 19.8. The maximum atomic E-state index is 12.5. The molecule has 0 radical (unpaired) electrons. The number of benzene rings is 2. The third-order valence-corrected chi connectivity index (χ3v) is 6.29. The first-order valence-corrected chi connectivity index (χ1v) is 12.0. The number of hydrogen-bond acceptors (Lipinski definition) is 6. The molecule has 0 aliphatic heterocycles. The van der Waals surface area contributed by atoms with Gasteiger partial charge in [-0.25, -0.2) is 4.98 Å². The molecule has 0 saturated carbocycles. The van der Waals surface area contributed by atoms with Crippen LogP contribution >= 0.6 is 23.4 Å². The minimum absolute atomic E-state index is 0.117. The van der Waals surface area contributed by atoms with Gasteiger partial charge in [-0.1, -0.05) is 41.6 Å². The minimum atomic E-state index is -0.117. The van der Waals surface area contributed by atoms with Crippen molar-refractivity contribution >= 4 is 29.0 Å². The molecule has 9 heteroatoms. The average molecular weight is 490 g/mol. The van der Waals surface area contributed by atoms with Crippen LogP contribution in [0.1, 0.15) is 12.6 Å². The topological polar surface area (TPSA) is 74.3 Å². The van der Waals surface area contributed by atoms with Gasteiger partial charge in [0.05, 0.1) is 12.3 Å². The van der Waals surface area contributed by atoms with Crippen LogP contribution in [0.15, 0.2) is 88.9 Å². The summed E-state index contributed by atoms with van der Waals surface area (Å²) in [5.74, 6) is 1.92. The van der Waals surface area contributed by atoms with Gasteiger partial charge in [-0.15, -0.1) is 10.2 Å². The van der Waals surface area contributed by atoms with Gasteiger partial charge in [-0.05, 0) is 55.5 Å². The van der Waals surface area contributed by atoms with E-state index in [1.807, 2.05) is 72.2 Å². The van der Waals surface area contributed by atoms with Gasteiger partial charge in [0.25, 0.3) is 5.56 Å². The maximum Gasteiger partial charge on any atom is 0.258 e. The molecule has 7 nitrogen and oxygen atoms in total. The lowest BCUT2D eigenvalue weighted by molar-refractivity contribution is 0.340. The zero-order chi connectivity index (χ0) is 23.5. The van der Waals surface area contributed by atoms with Crippen LogP contribution in [0.25, 0.3) is 22.7 Å². The van der Waals surface area contributed by atoms with Crippen molar-refractivity contribution in [1.82, 2.24) is 24.1 Å². The lowest BCUT2D eigenvalue weighted by atomic mass is 10.2. The van der Waals surface area contributed by atoms with Gasteiger partial charge >= 0.3 is 0 Å². The van der Waals surface area contributed by atoms with Gasteiger partial charge in [0.15, 0.2) is 11.0 Å². The Balaban J connectivity index is 1.52.